The first-order chi connectivity index (χ1) is 7.72. The highest BCUT2D eigenvalue weighted by atomic mass is 35.5. The first-order valence-electron chi connectivity index (χ1n) is 4.88. The van der Waals surface area contributed by atoms with Crippen molar-refractivity contribution in [1.29, 1.82) is 0 Å². The number of rotatable bonds is 2. The zero-order valence-electron chi connectivity index (χ0n) is 8.52. The summed E-state index contributed by atoms with van der Waals surface area (Å²) >= 11 is 14.8. The Kier molecular flexibility index (Phi) is 3.85. The van der Waals surface area contributed by atoms with Crippen molar-refractivity contribution in [2.45, 2.75) is 15.7 Å². The van der Waals surface area contributed by atoms with Crippen LogP contribution in [0.25, 0.3) is 11.1 Å². The van der Waals surface area contributed by atoms with Crippen LogP contribution in [0.3, 0.4) is 0 Å². The third-order valence-electron chi connectivity index (χ3n) is 2.43. The Balaban J connectivity index is 2.63. The van der Waals surface area contributed by atoms with Crippen molar-refractivity contribution in [2.24, 2.45) is 0 Å². The molecule has 2 rings (SSSR count). The number of alkyl halides is 1. The molecule has 0 aromatic heterocycles. The monoisotopic (exact) mass is 266 g/mol. The lowest BCUT2D eigenvalue weighted by molar-refractivity contribution is 1.32. The summed E-state index contributed by atoms with van der Waals surface area (Å²) < 4.78 is 0. The van der Waals surface area contributed by atoms with E-state index in [0.29, 0.717) is 5.88 Å². The van der Waals surface area contributed by atoms with E-state index >= 15 is 0 Å². The Bertz CT molecular complexity index is 509. The zero-order chi connectivity index (χ0) is 11.5. The average molecular weight is 267 g/mol. The van der Waals surface area contributed by atoms with Gasteiger partial charge in [0.1, 0.15) is 0 Å². The van der Waals surface area contributed by atoms with Crippen LogP contribution in [0.15, 0.2) is 52.3 Å². The molecule has 0 aliphatic rings. The van der Waals surface area contributed by atoms with Gasteiger partial charge in [-0.3, -0.25) is 0 Å². The van der Waals surface area contributed by atoms with Gasteiger partial charge in [-0.1, -0.05) is 24.3 Å². The van der Waals surface area contributed by atoms with Crippen LogP contribution in [0.2, 0.25) is 0 Å². The minimum absolute atomic E-state index is 0.492. The van der Waals surface area contributed by atoms with Crippen LogP contribution < -0.4 is 0 Å². The predicted octanol–water partition coefficient (Wildman–Crippen LogP) is 4.67. The van der Waals surface area contributed by atoms with E-state index in [0.717, 1.165) is 26.5 Å². The third kappa shape index (κ3) is 2.40. The molecule has 0 fully saturated rings. The lowest BCUT2D eigenvalue weighted by atomic mass is 10.0. The maximum absolute atomic E-state index is 5.94. The molecule has 0 heterocycles. The van der Waals surface area contributed by atoms with E-state index in [1.807, 2.05) is 42.5 Å². The van der Waals surface area contributed by atoms with Crippen LogP contribution in [-0.2, 0) is 5.88 Å². The van der Waals surface area contributed by atoms with Crippen molar-refractivity contribution >= 4 is 36.9 Å². The molecule has 0 bridgehead atoms. The molecule has 0 radical (unpaired) electrons. The van der Waals surface area contributed by atoms with Crippen molar-refractivity contribution in [1.82, 2.24) is 0 Å². The quantitative estimate of drug-likeness (QED) is 0.573. The molecule has 0 unspecified atom stereocenters. The topological polar surface area (TPSA) is 0 Å². The number of thiol groups is 2. The van der Waals surface area contributed by atoms with E-state index in [-0.39, 0.29) is 0 Å². The Hall–Kier alpha value is -0.570. The van der Waals surface area contributed by atoms with Gasteiger partial charge in [0, 0.05) is 15.7 Å². The Morgan fingerprint density at radius 1 is 0.938 bits per heavy atom. The molecule has 0 atom stereocenters. The molecule has 0 saturated heterocycles. The first-order valence-corrected chi connectivity index (χ1v) is 6.31. The van der Waals surface area contributed by atoms with E-state index in [9.17, 15) is 0 Å². The minimum atomic E-state index is 0.492. The van der Waals surface area contributed by atoms with Crippen LogP contribution in [0.1, 0.15) is 5.56 Å². The molecule has 0 saturated carbocycles. The number of hydrogen-bond donors (Lipinski definition) is 2. The van der Waals surface area contributed by atoms with Crippen molar-refractivity contribution in [3.05, 3.63) is 48.0 Å². The van der Waals surface area contributed by atoms with Gasteiger partial charge in [-0.15, -0.1) is 36.9 Å². The third-order valence-corrected chi connectivity index (χ3v) is 3.39. The molecular weight excluding hydrogens is 256 g/mol. The molecule has 2 aromatic rings. The molecule has 3 heteroatoms. The van der Waals surface area contributed by atoms with Gasteiger partial charge in [0.2, 0.25) is 0 Å². The predicted molar refractivity (Wildman–Crippen MR) is 75.9 cm³/mol. The molecule has 0 spiro atoms. The standard InChI is InChI=1S/C13H11ClS2/c14-8-9-5-6-10(15)7-12(9)11-3-1-2-4-13(11)16/h1-7,15-16H,8H2. The van der Waals surface area contributed by atoms with Crippen molar-refractivity contribution in [2.75, 3.05) is 0 Å². The van der Waals surface area contributed by atoms with Gasteiger partial charge in [-0.05, 0) is 34.9 Å². The Morgan fingerprint density at radius 3 is 2.38 bits per heavy atom. The van der Waals surface area contributed by atoms with Crippen LogP contribution >= 0.6 is 36.9 Å². The van der Waals surface area contributed by atoms with Crippen molar-refractivity contribution in [3.63, 3.8) is 0 Å². The Labute approximate surface area is 111 Å². The molecule has 0 aliphatic carbocycles. The van der Waals surface area contributed by atoms with Gasteiger partial charge in [0.05, 0.1) is 0 Å². The summed E-state index contributed by atoms with van der Waals surface area (Å²) in [5.41, 5.74) is 3.30. The minimum Gasteiger partial charge on any atom is -0.143 e. The van der Waals surface area contributed by atoms with Gasteiger partial charge >= 0.3 is 0 Å². The summed E-state index contributed by atoms with van der Waals surface area (Å²) in [4.78, 5) is 1.88. The fourth-order valence-corrected chi connectivity index (χ4v) is 2.35. The Morgan fingerprint density at radius 2 is 1.69 bits per heavy atom. The van der Waals surface area contributed by atoms with Gasteiger partial charge in [-0.25, -0.2) is 0 Å². The second-order valence-electron chi connectivity index (χ2n) is 3.49. The fourth-order valence-electron chi connectivity index (χ4n) is 1.63. The van der Waals surface area contributed by atoms with Crippen LogP contribution in [0, 0.1) is 0 Å². The lowest BCUT2D eigenvalue weighted by Crippen LogP contribution is -1.87. The van der Waals surface area contributed by atoms with E-state index in [2.05, 4.69) is 25.3 Å². The summed E-state index contributed by atoms with van der Waals surface area (Å²) in [6.07, 6.45) is 0. The van der Waals surface area contributed by atoms with Gasteiger partial charge in [0.25, 0.3) is 0 Å². The van der Waals surface area contributed by atoms with E-state index < -0.39 is 0 Å². The SMILES string of the molecule is Sc1ccc(CCl)c(-c2ccccc2S)c1. The van der Waals surface area contributed by atoms with Gasteiger partial charge < -0.3 is 0 Å². The van der Waals surface area contributed by atoms with Crippen LogP contribution in [-0.4, -0.2) is 0 Å². The smallest absolute Gasteiger partial charge is 0.0480 e. The molecular formula is C13H11ClS2. The average Bonchev–Trinajstić information content (AvgIpc) is 2.29. The fraction of sp³-hybridized carbons (Fsp3) is 0.0769. The summed E-state index contributed by atoms with van der Waals surface area (Å²) in [6.45, 7) is 0. The normalized spacial score (nSPS) is 10.4. The molecule has 0 nitrogen and oxygen atoms in total. The largest absolute Gasteiger partial charge is 0.143 e. The van der Waals surface area contributed by atoms with Gasteiger partial charge in [-0.2, -0.15) is 0 Å². The second-order valence-corrected chi connectivity index (χ2v) is 4.76. The molecule has 82 valence electrons. The first kappa shape index (κ1) is 11.9. The number of hydrogen-bond acceptors (Lipinski definition) is 2. The summed E-state index contributed by atoms with van der Waals surface area (Å²) in [5, 5.41) is 0. The maximum atomic E-state index is 5.94. The lowest BCUT2D eigenvalue weighted by Gasteiger charge is -2.10. The second kappa shape index (κ2) is 5.17. The number of benzene rings is 2. The molecule has 0 amide bonds. The van der Waals surface area contributed by atoms with Crippen LogP contribution in [0.5, 0.6) is 0 Å². The summed E-state index contributed by atoms with van der Waals surface area (Å²) in [6, 6.07) is 14.0. The van der Waals surface area contributed by atoms with Gasteiger partial charge in [0.15, 0.2) is 0 Å². The molecule has 16 heavy (non-hydrogen) atoms. The summed E-state index contributed by atoms with van der Waals surface area (Å²) in [5.74, 6) is 0.492. The summed E-state index contributed by atoms with van der Waals surface area (Å²) in [7, 11) is 0. The van der Waals surface area contributed by atoms with Crippen LogP contribution in [0.4, 0.5) is 0 Å². The van der Waals surface area contributed by atoms with E-state index in [1.165, 1.54) is 0 Å². The highest BCUT2D eigenvalue weighted by Gasteiger charge is 2.07. The highest BCUT2D eigenvalue weighted by molar-refractivity contribution is 7.80. The van der Waals surface area contributed by atoms with E-state index in [1.54, 1.807) is 0 Å². The zero-order valence-corrected chi connectivity index (χ0v) is 11.1. The number of halogens is 1. The molecule has 0 N–H and O–H groups in total. The molecule has 0 aliphatic heterocycles. The van der Waals surface area contributed by atoms with Crippen molar-refractivity contribution in [3.8, 4) is 11.1 Å². The van der Waals surface area contributed by atoms with E-state index in [4.69, 9.17) is 11.6 Å². The molecule has 2 aromatic carbocycles. The van der Waals surface area contributed by atoms with Crippen molar-refractivity contribution < 1.29 is 0 Å². The highest BCUT2D eigenvalue weighted by Crippen LogP contribution is 2.31. The maximum Gasteiger partial charge on any atom is 0.0480 e.